The lowest BCUT2D eigenvalue weighted by Crippen LogP contribution is -2.45. The normalized spacial score (nSPS) is 14.4. The Morgan fingerprint density at radius 1 is 1.59 bits per heavy atom. The molecule has 2 atom stereocenters. The number of nitrogens with two attached hydrogens (primary N) is 1. The molecule has 1 aromatic heterocycles. The van der Waals surface area contributed by atoms with Crippen LogP contribution in [-0.2, 0) is 11.3 Å². The van der Waals surface area contributed by atoms with E-state index in [2.05, 4.69) is 15.2 Å². The molecule has 2 unspecified atom stereocenters. The molecule has 0 aliphatic heterocycles. The number of amides is 1. The van der Waals surface area contributed by atoms with Gasteiger partial charge in [-0.1, -0.05) is 20.3 Å². The SMILES string of the molecule is CCC(C)C(N)C(=O)N(C)Cc1n[nH]c(C)n1. The number of H-pyrrole nitrogens is 1. The minimum absolute atomic E-state index is 0.0678. The molecule has 0 aliphatic rings. The van der Waals surface area contributed by atoms with Crippen LogP contribution in [0.25, 0.3) is 0 Å². The van der Waals surface area contributed by atoms with Gasteiger partial charge < -0.3 is 10.6 Å². The molecule has 3 N–H and O–H groups in total. The van der Waals surface area contributed by atoms with Gasteiger partial charge in [0.15, 0.2) is 5.82 Å². The fraction of sp³-hybridized carbons (Fsp3) is 0.727. The number of nitrogens with zero attached hydrogens (tertiary/aromatic N) is 3. The van der Waals surface area contributed by atoms with Crippen LogP contribution in [-0.4, -0.2) is 39.1 Å². The van der Waals surface area contributed by atoms with E-state index in [1.165, 1.54) is 0 Å². The number of likely N-dealkylation sites (N-methyl/N-ethyl adjacent to an activating group) is 1. The quantitative estimate of drug-likeness (QED) is 0.780. The van der Waals surface area contributed by atoms with Crippen LogP contribution in [0.15, 0.2) is 0 Å². The molecule has 0 aromatic carbocycles. The van der Waals surface area contributed by atoms with Crippen molar-refractivity contribution in [1.82, 2.24) is 20.1 Å². The van der Waals surface area contributed by atoms with Gasteiger partial charge in [-0.3, -0.25) is 9.89 Å². The first kappa shape index (κ1) is 13.6. The van der Waals surface area contributed by atoms with Crippen LogP contribution >= 0.6 is 0 Å². The van der Waals surface area contributed by atoms with Crippen LogP contribution in [0.4, 0.5) is 0 Å². The molecule has 0 radical (unpaired) electrons. The molecule has 1 heterocycles. The van der Waals surface area contributed by atoms with Crippen molar-refractivity contribution in [3.05, 3.63) is 11.6 Å². The highest BCUT2D eigenvalue weighted by molar-refractivity contribution is 5.81. The van der Waals surface area contributed by atoms with E-state index in [1.807, 2.05) is 20.8 Å². The molecule has 1 aromatic rings. The number of rotatable bonds is 5. The van der Waals surface area contributed by atoms with Gasteiger partial charge in [0.25, 0.3) is 0 Å². The maximum absolute atomic E-state index is 12.0. The average molecular weight is 239 g/mol. The third-order valence-corrected chi connectivity index (χ3v) is 2.94. The molecule has 0 saturated heterocycles. The van der Waals surface area contributed by atoms with E-state index >= 15 is 0 Å². The zero-order valence-corrected chi connectivity index (χ0v) is 10.9. The Bertz CT molecular complexity index is 376. The number of aromatic nitrogens is 3. The summed E-state index contributed by atoms with van der Waals surface area (Å²) in [5, 5.41) is 6.74. The summed E-state index contributed by atoms with van der Waals surface area (Å²) in [6.07, 6.45) is 0.889. The monoisotopic (exact) mass is 239 g/mol. The van der Waals surface area contributed by atoms with E-state index in [-0.39, 0.29) is 11.8 Å². The molecule has 0 fully saturated rings. The van der Waals surface area contributed by atoms with Crippen molar-refractivity contribution in [3.8, 4) is 0 Å². The van der Waals surface area contributed by atoms with Gasteiger partial charge in [0.1, 0.15) is 5.82 Å². The molecule has 1 rings (SSSR count). The van der Waals surface area contributed by atoms with E-state index in [0.29, 0.717) is 12.4 Å². The van der Waals surface area contributed by atoms with Crippen molar-refractivity contribution in [2.24, 2.45) is 11.7 Å². The second-order valence-electron chi connectivity index (χ2n) is 4.44. The predicted molar refractivity (Wildman–Crippen MR) is 65.0 cm³/mol. The van der Waals surface area contributed by atoms with Gasteiger partial charge in [0, 0.05) is 7.05 Å². The Hall–Kier alpha value is -1.43. The Labute approximate surface area is 102 Å². The largest absolute Gasteiger partial charge is 0.337 e. The third-order valence-electron chi connectivity index (χ3n) is 2.94. The van der Waals surface area contributed by atoms with Gasteiger partial charge in [-0.25, -0.2) is 4.98 Å². The van der Waals surface area contributed by atoms with Crippen LogP contribution in [0.1, 0.15) is 31.9 Å². The minimum atomic E-state index is -0.454. The van der Waals surface area contributed by atoms with Crippen LogP contribution in [0, 0.1) is 12.8 Å². The van der Waals surface area contributed by atoms with E-state index in [0.717, 1.165) is 12.2 Å². The van der Waals surface area contributed by atoms with Crippen LogP contribution < -0.4 is 5.73 Å². The number of hydrogen-bond acceptors (Lipinski definition) is 4. The second-order valence-corrected chi connectivity index (χ2v) is 4.44. The summed E-state index contributed by atoms with van der Waals surface area (Å²) in [6, 6.07) is -0.454. The van der Waals surface area contributed by atoms with Gasteiger partial charge in [-0.05, 0) is 12.8 Å². The number of carbonyl (C=O) groups is 1. The van der Waals surface area contributed by atoms with Gasteiger partial charge >= 0.3 is 0 Å². The van der Waals surface area contributed by atoms with Crippen molar-refractivity contribution in [2.45, 2.75) is 39.8 Å². The summed E-state index contributed by atoms with van der Waals surface area (Å²) in [5.74, 6) is 1.46. The van der Waals surface area contributed by atoms with Crippen molar-refractivity contribution in [1.29, 1.82) is 0 Å². The van der Waals surface area contributed by atoms with E-state index in [9.17, 15) is 4.79 Å². The molecule has 0 aliphatic carbocycles. The Morgan fingerprint density at radius 2 is 2.24 bits per heavy atom. The number of carbonyl (C=O) groups excluding carboxylic acids is 1. The van der Waals surface area contributed by atoms with Crippen molar-refractivity contribution in [2.75, 3.05) is 7.05 Å². The highest BCUT2D eigenvalue weighted by Gasteiger charge is 2.23. The molecular formula is C11H21N5O. The molecule has 17 heavy (non-hydrogen) atoms. The van der Waals surface area contributed by atoms with Crippen molar-refractivity contribution >= 4 is 5.91 Å². The van der Waals surface area contributed by atoms with Gasteiger partial charge in [-0.2, -0.15) is 5.10 Å². The van der Waals surface area contributed by atoms with Gasteiger partial charge in [0.2, 0.25) is 5.91 Å². The number of nitrogens with one attached hydrogen (secondary N) is 1. The summed E-state index contributed by atoms with van der Waals surface area (Å²) in [4.78, 5) is 17.7. The first-order valence-electron chi connectivity index (χ1n) is 5.84. The van der Waals surface area contributed by atoms with Crippen molar-refractivity contribution in [3.63, 3.8) is 0 Å². The van der Waals surface area contributed by atoms with Gasteiger partial charge in [-0.15, -0.1) is 0 Å². The zero-order valence-electron chi connectivity index (χ0n) is 10.9. The number of aryl methyl sites for hydroxylation is 1. The summed E-state index contributed by atoms with van der Waals surface area (Å²) in [5.41, 5.74) is 5.89. The summed E-state index contributed by atoms with van der Waals surface area (Å²) >= 11 is 0. The molecule has 1 amide bonds. The molecule has 0 spiro atoms. The fourth-order valence-electron chi connectivity index (χ4n) is 1.50. The number of aromatic amines is 1. The molecular weight excluding hydrogens is 218 g/mol. The van der Waals surface area contributed by atoms with E-state index < -0.39 is 6.04 Å². The Balaban J connectivity index is 2.58. The smallest absolute Gasteiger partial charge is 0.239 e. The maximum atomic E-state index is 12.0. The lowest BCUT2D eigenvalue weighted by molar-refractivity contribution is -0.133. The Kier molecular flexibility index (Phi) is 4.62. The van der Waals surface area contributed by atoms with E-state index in [1.54, 1.807) is 11.9 Å². The molecule has 0 bridgehead atoms. The third kappa shape index (κ3) is 3.52. The van der Waals surface area contributed by atoms with Gasteiger partial charge in [0.05, 0.1) is 12.6 Å². The second kappa shape index (κ2) is 5.77. The zero-order chi connectivity index (χ0) is 13.0. The summed E-state index contributed by atoms with van der Waals surface area (Å²) in [6.45, 7) is 6.21. The lowest BCUT2D eigenvalue weighted by atomic mass is 9.99. The highest BCUT2D eigenvalue weighted by atomic mass is 16.2. The lowest BCUT2D eigenvalue weighted by Gasteiger charge is -2.23. The van der Waals surface area contributed by atoms with Crippen LogP contribution in [0.5, 0.6) is 0 Å². The van der Waals surface area contributed by atoms with Crippen LogP contribution in [0.2, 0.25) is 0 Å². The van der Waals surface area contributed by atoms with E-state index in [4.69, 9.17) is 5.73 Å². The van der Waals surface area contributed by atoms with Crippen molar-refractivity contribution < 1.29 is 4.79 Å². The standard InChI is InChI=1S/C11H21N5O/c1-5-7(2)10(12)11(17)16(4)6-9-13-8(3)14-15-9/h7,10H,5-6,12H2,1-4H3,(H,13,14,15). The Morgan fingerprint density at radius 3 is 2.71 bits per heavy atom. The fourth-order valence-corrected chi connectivity index (χ4v) is 1.50. The topological polar surface area (TPSA) is 87.9 Å². The molecule has 0 saturated carbocycles. The first-order valence-corrected chi connectivity index (χ1v) is 5.84. The predicted octanol–water partition coefficient (Wildman–Crippen LogP) is 0.445. The average Bonchev–Trinajstić information content (AvgIpc) is 2.71. The highest BCUT2D eigenvalue weighted by Crippen LogP contribution is 2.09. The number of hydrogen-bond donors (Lipinski definition) is 2. The maximum Gasteiger partial charge on any atom is 0.239 e. The van der Waals surface area contributed by atoms with Crippen LogP contribution in [0.3, 0.4) is 0 Å². The minimum Gasteiger partial charge on any atom is -0.337 e. The summed E-state index contributed by atoms with van der Waals surface area (Å²) < 4.78 is 0. The molecule has 6 nitrogen and oxygen atoms in total. The summed E-state index contributed by atoms with van der Waals surface area (Å²) in [7, 11) is 1.72. The molecule has 6 heteroatoms. The first-order chi connectivity index (χ1) is 7.95. The molecule has 96 valence electrons.